The molecule has 1 aliphatic carbocycles. The van der Waals surface area contributed by atoms with Crippen LogP contribution in [0.5, 0.6) is 0 Å². The van der Waals surface area contributed by atoms with Crippen molar-refractivity contribution in [1.29, 1.82) is 0 Å². The highest BCUT2D eigenvalue weighted by Gasteiger charge is 2.29. The first-order chi connectivity index (χ1) is 7.66. The van der Waals surface area contributed by atoms with Crippen molar-refractivity contribution in [3.05, 3.63) is 0 Å². The van der Waals surface area contributed by atoms with Crippen molar-refractivity contribution in [2.75, 3.05) is 6.61 Å². The highest BCUT2D eigenvalue weighted by Crippen LogP contribution is 2.30. The first kappa shape index (κ1) is 12.4. The maximum atomic E-state index is 5.60. The molecule has 1 saturated carbocycles. The van der Waals surface area contributed by atoms with Crippen molar-refractivity contribution in [1.82, 2.24) is 5.32 Å². The van der Waals surface area contributed by atoms with Gasteiger partial charge in [-0.05, 0) is 50.9 Å². The Kier molecular flexibility index (Phi) is 4.26. The van der Waals surface area contributed by atoms with Gasteiger partial charge in [0.25, 0.3) is 0 Å². The molecule has 2 fully saturated rings. The molecule has 0 aromatic heterocycles. The predicted octanol–water partition coefficient (Wildman–Crippen LogP) is 2.97. The van der Waals surface area contributed by atoms with E-state index in [0.29, 0.717) is 12.1 Å². The van der Waals surface area contributed by atoms with Crippen LogP contribution in [0.25, 0.3) is 0 Å². The normalized spacial score (nSPS) is 40.5. The first-order valence-corrected chi connectivity index (χ1v) is 7.04. The third kappa shape index (κ3) is 2.98. The highest BCUT2D eigenvalue weighted by molar-refractivity contribution is 4.86. The Morgan fingerprint density at radius 3 is 2.25 bits per heavy atom. The van der Waals surface area contributed by atoms with Crippen LogP contribution in [-0.2, 0) is 4.74 Å². The van der Waals surface area contributed by atoms with Crippen molar-refractivity contribution in [3.63, 3.8) is 0 Å². The molecule has 1 saturated heterocycles. The van der Waals surface area contributed by atoms with E-state index in [1.165, 1.54) is 32.1 Å². The largest absolute Gasteiger partial charge is 0.377 e. The van der Waals surface area contributed by atoms with Gasteiger partial charge in [0, 0.05) is 18.7 Å². The van der Waals surface area contributed by atoms with E-state index in [-0.39, 0.29) is 0 Å². The molecule has 2 aliphatic rings. The quantitative estimate of drug-likeness (QED) is 0.797. The number of hydrogen-bond acceptors (Lipinski definition) is 2. The summed E-state index contributed by atoms with van der Waals surface area (Å²) < 4.78 is 5.60. The first-order valence-electron chi connectivity index (χ1n) is 7.04. The van der Waals surface area contributed by atoms with E-state index in [4.69, 9.17) is 4.74 Å². The van der Waals surface area contributed by atoms with Crippen molar-refractivity contribution >= 4 is 0 Å². The van der Waals surface area contributed by atoms with Crippen LogP contribution in [0, 0.1) is 11.8 Å². The van der Waals surface area contributed by atoms with Gasteiger partial charge < -0.3 is 10.1 Å². The Bertz CT molecular complexity index is 209. The molecule has 2 heteroatoms. The van der Waals surface area contributed by atoms with E-state index < -0.39 is 0 Å². The lowest BCUT2D eigenvalue weighted by Gasteiger charge is -2.33. The SMILES string of the molecule is CC(C)C1CCC(NC2CCOC2C)CC1. The van der Waals surface area contributed by atoms with Gasteiger partial charge in [-0.25, -0.2) is 0 Å². The van der Waals surface area contributed by atoms with Gasteiger partial charge in [-0.2, -0.15) is 0 Å². The molecule has 0 spiro atoms. The molecule has 0 bridgehead atoms. The van der Waals surface area contributed by atoms with Gasteiger partial charge in [0.05, 0.1) is 6.10 Å². The van der Waals surface area contributed by atoms with Crippen LogP contribution in [0.15, 0.2) is 0 Å². The summed E-state index contributed by atoms with van der Waals surface area (Å²) in [5, 5.41) is 3.80. The monoisotopic (exact) mass is 225 g/mol. The Hall–Kier alpha value is -0.0800. The zero-order valence-corrected chi connectivity index (χ0v) is 11.0. The van der Waals surface area contributed by atoms with Gasteiger partial charge in [-0.15, -0.1) is 0 Å². The number of ether oxygens (including phenoxy) is 1. The molecule has 2 nitrogen and oxygen atoms in total. The minimum atomic E-state index is 0.419. The summed E-state index contributed by atoms with van der Waals surface area (Å²) in [5.41, 5.74) is 0. The second-order valence-corrected chi connectivity index (χ2v) is 5.99. The van der Waals surface area contributed by atoms with Gasteiger partial charge >= 0.3 is 0 Å². The Balaban J connectivity index is 1.72. The molecule has 0 radical (unpaired) electrons. The minimum absolute atomic E-state index is 0.419. The standard InChI is InChI=1S/C14H27NO/c1-10(2)12-4-6-13(7-5-12)15-14-8-9-16-11(14)3/h10-15H,4-9H2,1-3H3. The fraction of sp³-hybridized carbons (Fsp3) is 1.00. The molecule has 0 aromatic rings. The van der Waals surface area contributed by atoms with Gasteiger partial charge in [0.1, 0.15) is 0 Å². The van der Waals surface area contributed by atoms with E-state index in [9.17, 15) is 0 Å². The van der Waals surface area contributed by atoms with Crippen LogP contribution < -0.4 is 5.32 Å². The van der Waals surface area contributed by atoms with E-state index in [0.717, 1.165) is 24.5 Å². The maximum absolute atomic E-state index is 5.60. The third-order valence-corrected chi connectivity index (χ3v) is 4.54. The van der Waals surface area contributed by atoms with Crippen LogP contribution in [0.3, 0.4) is 0 Å². The molecular formula is C14H27NO. The van der Waals surface area contributed by atoms with E-state index in [1.54, 1.807) is 0 Å². The average molecular weight is 225 g/mol. The lowest BCUT2D eigenvalue weighted by Crippen LogP contribution is -2.44. The summed E-state index contributed by atoms with van der Waals surface area (Å²) in [6.45, 7) is 7.88. The summed E-state index contributed by atoms with van der Waals surface area (Å²) in [7, 11) is 0. The number of nitrogens with one attached hydrogen (secondary N) is 1. The number of hydrogen-bond donors (Lipinski definition) is 1. The van der Waals surface area contributed by atoms with Gasteiger partial charge in [0.2, 0.25) is 0 Å². The molecule has 1 heterocycles. The van der Waals surface area contributed by atoms with Crippen LogP contribution in [0.2, 0.25) is 0 Å². The van der Waals surface area contributed by atoms with E-state index in [2.05, 4.69) is 26.1 Å². The lowest BCUT2D eigenvalue weighted by atomic mass is 9.79. The summed E-state index contributed by atoms with van der Waals surface area (Å²) in [5.74, 6) is 1.84. The van der Waals surface area contributed by atoms with Crippen LogP contribution in [0.4, 0.5) is 0 Å². The molecule has 1 aliphatic heterocycles. The predicted molar refractivity (Wildman–Crippen MR) is 67.5 cm³/mol. The zero-order valence-electron chi connectivity index (χ0n) is 11.0. The smallest absolute Gasteiger partial charge is 0.0700 e. The molecule has 16 heavy (non-hydrogen) atoms. The second kappa shape index (κ2) is 5.50. The molecular weight excluding hydrogens is 198 g/mol. The van der Waals surface area contributed by atoms with E-state index in [1.807, 2.05) is 0 Å². The van der Waals surface area contributed by atoms with Gasteiger partial charge in [-0.3, -0.25) is 0 Å². The van der Waals surface area contributed by atoms with Crippen molar-refractivity contribution in [2.45, 2.75) is 71.1 Å². The third-order valence-electron chi connectivity index (χ3n) is 4.54. The van der Waals surface area contributed by atoms with Crippen molar-refractivity contribution in [3.8, 4) is 0 Å². The summed E-state index contributed by atoms with van der Waals surface area (Å²) in [4.78, 5) is 0. The average Bonchev–Trinajstić information content (AvgIpc) is 2.65. The Labute approximate surface area is 100 Å². The fourth-order valence-electron chi connectivity index (χ4n) is 3.21. The topological polar surface area (TPSA) is 21.3 Å². The summed E-state index contributed by atoms with van der Waals surface area (Å²) in [6.07, 6.45) is 7.18. The van der Waals surface area contributed by atoms with Gasteiger partial charge in [-0.1, -0.05) is 13.8 Å². The molecule has 1 N–H and O–H groups in total. The highest BCUT2D eigenvalue weighted by atomic mass is 16.5. The molecule has 0 aromatic carbocycles. The Morgan fingerprint density at radius 2 is 1.75 bits per heavy atom. The maximum Gasteiger partial charge on any atom is 0.0700 e. The summed E-state index contributed by atoms with van der Waals surface area (Å²) >= 11 is 0. The van der Waals surface area contributed by atoms with Crippen LogP contribution in [0.1, 0.15) is 52.9 Å². The molecule has 2 unspecified atom stereocenters. The summed E-state index contributed by atoms with van der Waals surface area (Å²) in [6, 6.07) is 1.37. The zero-order chi connectivity index (χ0) is 11.5. The second-order valence-electron chi connectivity index (χ2n) is 5.99. The van der Waals surface area contributed by atoms with Crippen LogP contribution in [-0.4, -0.2) is 24.8 Å². The van der Waals surface area contributed by atoms with E-state index >= 15 is 0 Å². The van der Waals surface area contributed by atoms with Crippen LogP contribution >= 0.6 is 0 Å². The van der Waals surface area contributed by atoms with Crippen molar-refractivity contribution in [2.24, 2.45) is 11.8 Å². The lowest BCUT2D eigenvalue weighted by molar-refractivity contribution is 0.107. The van der Waals surface area contributed by atoms with Crippen molar-refractivity contribution < 1.29 is 4.74 Å². The van der Waals surface area contributed by atoms with Gasteiger partial charge in [0.15, 0.2) is 0 Å². The molecule has 2 rings (SSSR count). The number of rotatable bonds is 3. The molecule has 2 atom stereocenters. The molecule has 0 amide bonds. The fourth-order valence-corrected chi connectivity index (χ4v) is 3.21. The minimum Gasteiger partial charge on any atom is -0.377 e. The molecule has 94 valence electrons. The Morgan fingerprint density at radius 1 is 1.06 bits per heavy atom.